The molecule has 0 saturated carbocycles. The van der Waals surface area contributed by atoms with Gasteiger partial charge < -0.3 is 0 Å². The molecule has 24 heteroatoms. The highest BCUT2D eigenvalue weighted by atomic mass is 31.1. The molecule has 3 aromatic heterocycles. The van der Waals surface area contributed by atoms with Crippen molar-refractivity contribution in [1.29, 1.82) is 0 Å². The molecule has 3 heterocycles. The molecule has 10 aromatic rings. The number of pyridine rings is 3. The van der Waals surface area contributed by atoms with Crippen molar-refractivity contribution in [1.82, 2.24) is 15.0 Å². The first-order chi connectivity index (χ1) is 40.9. The number of hydrogen-bond donors (Lipinski definition) is 0. The van der Waals surface area contributed by atoms with E-state index in [1.54, 1.807) is 72.8 Å². The zero-order chi connectivity index (χ0) is 62.4. The van der Waals surface area contributed by atoms with Crippen LogP contribution in [0.4, 0.5) is 79.0 Å². The highest BCUT2D eigenvalue weighted by Crippen LogP contribution is 2.42. The Labute approximate surface area is 486 Å². The van der Waals surface area contributed by atoms with E-state index in [1.807, 2.05) is 0 Å². The van der Waals surface area contributed by atoms with Gasteiger partial charge in [0.2, 0.25) is 0 Å². The molecule has 87 heavy (non-hydrogen) atoms. The fourth-order valence-corrected chi connectivity index (χ4v) is 15.7. The summed E-state index contributed by atoms with van der Waals surface area (Å²) in [6, 6.07) is 43.3. The van der Waals surface area contributed by atoms with Gasteiger partial charge in [0.25, 0.3) is 0 Å². The van der Waals surface area contributed by atoms with Crippen LogP contribution in [0.15, 0.2) is 218 Å². The van der Waals surface area contributed by atoms with Crippen LogP contribution in [0.25, 0.3) is 33.8 Å². The molecule has 0 saturated heterocycles. The predicted octanol–water partition coefficient (Wildman–Crippen LogP) is 16.3. The normalized spacial score (nSPS) is 12.8. The smallest absolute Gasteiger partial charge is 0.247 e. The van der Waals surface area contributed by atoms with Gasteiger partial charge in [-0.1, -0.05) is 91.0 Å². The van der Waals surface area contributed by atoms with Gasteiger partial charge in [0.1, 0.15) is 0 Å². The van der Waals surface area contributed by atoms with E-state index in [4.69, 9.17) is 15.0 Å². The Morgan fingerprint density at radius 3 is 0.517 bits per heavy atom. The maximum Gasteiger partial charge on any atom is 0.416 e. The van der Waals surface area contributed by atoms with E-state index in [2.05, 4.69) is 0 Å². The number of rotatable bonds is 12. The summed E-state index contributed by atoms with van der Waals surface area (Å²) in [5.74, 6) is 0. The molecule has 0 aliphatic carbocycles. The number of benzene rings is 7. The highest BCUT2D eigenvalue weighted by Gasteiger charge is 2.36. The maximum atomic E-state index is 13.8. The molecule has 0 spiro atoms. The van der Waals surface area contributed by atoms with Crippen LogP contribution < -0.4 is 48.1 Å². The number of alkyl halides is 18. The van der Waals surface area contributed by atoms with Gasteiger partial charge in [-0.15, -0.1) is 0 Å². The molecule has 0 N–H and O–H groups in total. The number of halogens is 18. The van der Waals surface area contributed by atoms with Crippen molar-refractivity contribution >= 4 is 71.9 Å². The second-order valence-electron chi connectivity index (χ2n) is 19.2. The van der Waals surface area contributed by atoms with E-state index in [0.29, 0.717) is 16.7 Å². The standard InChI is InChI=1S/C63H36F18N3P3/c64-58(65,66)40-10-22-46(23-11-40)85(47-24-12-41(13-25-47)59(67,68)69)55-7-1-4-52(82-55)37-34-38(53-5-2-8-56(83-53)86(48-26-14-42(15-27-48)60(70,71)72)49-28-16-43(17-29-49)61(73,74)75)36-39(35-37)54-6-3-9-57(84-54)87(50-30-18-44(19-31-50)62(76,77)78)51-32-20-45(21-33-51)63(79,80)81/h1-36H. The average molecular weight is 1270 g/mol. The zero-order valence-corrected chi connectivity index (χ0v) is 46.5. The van der Waals surface area contributed by atoms with Crippen molar-refractivity contribution in [3.8, 4) is 33.8 Å². The molecule has 0 aliphatic rings. The van der Waals surface area contributed by atoms with Crippen LogP contribution >= 0.6 is 23.8 Å². The molecular formula is C63H36F18N3P3. The van der Waals surface area contributed by atoms with Crippen LogP contribution in [0.5, 0.6) is 0 Å². The molecule has 3 nitrogen and oxygen atoms in total. The molecule has 7 aromatic carbocycles. The van der Waals surface area contributed by atoms with Gasteiger partial charge in [-0.25, -0.2) is 15.0 Å². The largest absolute Gasteiger partial charge is 0.416 e. The van der Waals surface area contributed by atoms with Gasteiger partial charge >= 0.3 is 37.1 Å². The lowest BCUT2D eigenvalue weighted by Gasteiger charge is -2.21. The Hall–Kier alpha value is -7.98. The SMILES string of the molecule is FC(F)(F)c1ccc(P(c2ccc(C(F)(F)F)cc2)c2cccc(-c3cc(-c4cccc(P(c5ccc(C(F)(F)F)cc5)c5ccc(C(F)(F)F)cc5)n4)cc(-c4cccc(P(c5ccc(C(F)(F)F)cc5)c5ccc(C(F)(F)F)cc5)n4)c3)n2)cc1. The minimum absolute atomic E-state index is 0.183. The summed E-state index contributed by atoms with van der Waals surface area (Å²) in [6.07, 6.45) is -28.4. The molecule has 10 rings (SSSR count). The second-order valence-corrected chi connectivity index (χ2v) is 25.7. The third-order valence-corrected chi connectivity index (χ3v) is 20.4. The van der Waals surface area contributed by atoms with E-state index in [0.717, 1.165) is 72.8 Å². The Bertz CT molecular complexity index is 3450. The van der Waals surface area contributed by atoms with Crippen LogP contribution in [-0.4, -0.2) is 15.0 Å². The monoisotopic (exact) mass is 1270 g/mol. The van der Waals surface area contributed by atoms with Crippen molar-refractivity contribution < 1.29 is 79.0 Å². The van der Waals surface area contributed by atoms with Crippen LogP contribution in [-0.2, 0) is 37.1 Å². The van der Waals surface area contributed by atoms with Crippen molar-refractivity contribution in [3.63, 3.8) is 0 Å². The summed E-state index contributed by atoms with van der Waals surface area (Å²) in [7, 11) is -6.04. The summed E-state index contributed by atoms with van der Waals surface area (Å²) in [4.78, 5) is 15.0. The average Bonchev–Trinajstić information content (AvgIpc) is 1.16. The lowest BCUT2D eigenvalue weighted by atomic mass is 9.99. The summed E-state index contributed by atoms with van der Waals surface area (Å²) in [5.41, 5.74) is -3.89. The van der Waals surface area contributed by atoms with E-state index >= 15 is 0 Å². The predicted molar refractivity (Wildman–Crippen MR) is 302 cm³/mol. The number of nitrogens with zero attached hydrogens (tertiary/aromatic N) is 3. The van der Waals surface area contributed by atoms with Gasteiger partial charge in [-0.05, 0) is 159 Å². The van der Waals surface area contributed by atoms with Gasteiger partial charge in [-0.3, -0.25) is 0 Å². The first-order valence-electron chi connectivity index (χ1n) is 25.4. The molecule has 0 atom stereocenters. The Kier molecular flexibility index (Phi) is 17.1. The van der Waals surface area contributed by atoms with Gasteiger partial charge in [0.15, 0.2) is 0 Å². The minimum Gasteiger partial charge on any atom is -0.247 e. The van der Waals surface area contributed by atoms with Crippen LogP contribution in [0.1, 0.15) is 33.4 Å². The van der Waals surface area contributed by atoms with Crippen LogP contribution in [0.3, 0.4) is 0 Å². The molecule has 0 amide bonds. The van der Waals surface area contributed by atoms with Crippen molar-refractivity contribution in [2.24, 2.45) is 0 Å². The minimum atomic E-state index is -4.74. The quantitative estimate of drug-likeness (QED) is 0.0904. The fraction of sp³-hybridized carbons (Fsp3) is 0.0952. The summed E-state index contributed by atoms with van der Waals surface area (Å²) in [6.45, 7) is 0. The van der Waals surface area contributed by atoms with Crippen molar-refractivity contribution in [3.05, 3.63) is 252 Å². The first kappa shape index (κ1) is 62.1. The molecule has 0 aliphatic heterocycles. The molecular weight excluding hydrogens is 1230 g/mol. The van der Waals surface area contributed by atoms with Crippen molar-refractivity contribution in [2.45, 2.75) is 37.1 Å². The zero-order valence-electron chi connectivity index (χ0n) is 43.8. The molecule has 0 unspecified atom stereocenters. The molecule has 444 valence electrons. The van der Waals surface area contributed by atoms with E-state index in [-0.39, 0.29) is 65.2 Å². The lowest BCUT2D eigenvalue weighted by Crippen LogP contribution is -2.24. The topological polar surface area (TPSA) is 38.7 Å². The molecule has 0 fully saturated rings. The van der Waals surface area contributed by atoms with Crippen LogP contribution in [0, 0.1) is 0 Å². The van der Waals surface area contributed by atoms with Gasteiger partial charge in [0, 0.05) is 40.5 Å². The molecule has 0 bridgehead atoms. The Morgan fingerprint density at radius 2 is 0.368 bits per heavy atom. The summed E-state index contributed by atoms with van der Waals surface area (Å²) >= 11 is 0. The maximum absolute atomic E-state index is 13.8. The highest BCUT2D eigenvalue weighted by molar-refractivity contribution is 7.80. The lowest BCUT2D eigenvalue weighted by molar-refractivity contribution is -0.138. The summed E-state index contributed by atoms with van der Waals surface area (Å²) in [5, 5.41) is 1.63. The van der Waals surface area contributed by atoms with E-state index < -0.39 is 94.2 Å². The third kappa shape index (κ3) is 14.2. The Balaban J connectivity index is 1.16. The fourth-order valence-electron chi connectivity index (χ4n) is 9.23. The Morgan fingerprint density at radius 1 is 0.207 bits per heavy atom. The van der Waals surface area contributed by atoms with E-state index in [1.165, 1.54) is 72.8 Å². The first-order valence-corrected chi connectivity index (χ1v) is 29.4. The van der Waals surface area contributed by atoms with Gasteiger partial charge in [0.05, 0.1) is 66.8 Å². The third-order valence-electron chi connectivity index (χ3n) is 13.4. The number of aromatic nitrogens is 3. The number of hydrogen-bond acceptors (Lipinski definition) is 3. The van der Waals surface area contributed by atoms with Crippen LogP contribution in [0.2, 0.25) is 0 Å². The second kappa shape index (κ2) is 23.9. The van der Waals surface area contributed by atoms with E-state index in [9.17, 15) is 79.0 Å². The summed E-state index contributed by atoms with van der Waals surface area (Å²) < 4.78 is 249. The molecule has 0 radical (unpaired) electrons. The van der Waals surface area contributed by atoms with Gasteiger partial charge in [-0.2, -0.15) is 79.0 Å². The van der Waals surface area contributed by atoms with Crippen molar-refractivity contribution in [2.75, 3.05) is 0 Å².